The van der Waals surface area contributed by atoms with Crippen molar-refractivity contribution in [2.75, 3.05) is 7.05 Å². The van der Waals surface area contributed by atoms with Crippen LogP contribution in [0.15, 0.2) is 0 Å². The van der Waals surface area contributed by atoms with E-state index in [1.54, 1.807) is 7.05 Å². The van der Waals surface area contributed by atoms with Crippen LogP contribution in [-0.4, -0.2) is 25.0 Å². The Bertz CT molecular complexity index is 153. The molecule has 1 atom stereocenters. The first-order valence-corrected chi connectivity index (χ1v) is 4.71. The van der Waals surface area contributed by atoms with Crippen LogP contribution in [0.5, 0.6) is 0 Å². The summed E-state index contributed by atoms with van der Waals surface area (Å²) >= 11 is 0. The minimum absolute atomic E-state index is 0.0643. The maximum Gasteiger partial charge on any atom is 0.237 e. The fourth-order valence-electron chi connectivity index (χ4n) is 1.53. The number of likely N-dealkylation sites (N-methyl/N-ethyl adjacent to an activating group) is 1. The first-order chi connectivity index (χ1) is 5.74. The molecule has 1 aliphatic rings. The van der Waals surface area contributed by atoms with E-state index in [2.05, 4.69) is 10.6 Å². The average molecular weight is 170 g/mol. The van der Waals surface area contributed by atoms with Gasteiger partial charge in [-0.1, -0.05) is 12.8 Å². The Hall–Kier alpha value is -0.570. The van der Waals surface area contributed by atoms with Crippen molar-refractivity contribution in [1.82, 2.24) is 10.6 Å². The molecule has 0 radical (unpaired) electrons. The first kappa shape index (κ1) is 9.52. The maximum absolute atomic E-state index is 11.4. The summed E-state index contributed by atoms with van der Waals surface area (Å²) in [5, 5.41) is 5.95. The molecule has 1 amide bonds. The van der Waals surface area contributed by atoms with Gasteiger partial charge >= 0.3 is 0 Å². The predicted molar refractivity (Wildman–Crippen MR) is 48.9 cm³/mol. The molecule has 0 aromatic carbocycles. The van der Waals surface area contributed by atoms with Crippen LogP contribution in [0.1, 0.15) is 32.6 Å². The second-order valence-corrected chi connectivity index (χ2v) is 3.50. The highest BCUT2D eigenvalue weighted by molar-refractivity contribution is 5.81. The molecule has 0 aromatic heterocycles. The van der Waals surface area contributed by atoms with Crippen LogP contribution in [0.4, 0.5) is 0 Å². The molecule has 1 rings (SSSR count). The van der Waals surface area contributed by atoms with Crippen molar-refractivity contribution >= 4 is 5.91 Å². The van der Waals surface area contributed by atoms with Gasteiger partial charge in [0, 0.05) is 6.04 Å². The largest absolute Gasteiger partial charge is 0.352 e. The maximum atomic E-state index is 11.4. The highest BCUT2D eigenvalue weighted by Gasteiger charge is 2.19. The number of hydrogen-bond acceptors (Lipinski definition) is 2. The van der Waals surface area contributed by atoms with Crippen LogP contribution in [0.3, 0.4) is 0 Å². The van der Waals surface area contributed by atoms with E-state index in [4.69, 9.17) is 0 Å². The van der Waals surface area contributed by atoms with Crippen LogP contribution < -0.4 is 10.6 Å². The Morgan fingerprint density at radius 2 is 2.00 bits per heavy atom. The van der Waals surface area contributed by atoms with Gasteiger partial charge in [0.1, 0.15) is 0 Å². The molecule has 1 unspecified atom stereocenters. The summed E-state index contributed by atoms with van der Waals surface area (Å²) < 4.78 is 0. The van der Waals surface area contributed by atoms with Gasteiger partial charge in [-0.15, -0.1) is 0 Å². The van der Waals surface area contributed by atoms with Gasteiger partial charge < -0.3 is 10.6 Å². The van der Waals surface area contributed by atoms with Crippen molar-refractivity contribution in [3.05, 3.63) is 0 Å². The predicted octanol–water partition coefficient (Wildman–Crippen LogP) is 0.653. The molecule has 0 bridgehead atoms. The zero-order chi connectivity index (χ0) is 8.97. The van der Waals surface area contributed by atoms with Crippen molar-refractivity contribution in [3.63, 3.8) is 0 Å². The van der Waals surface area contributed by atoms with Crippen molar-refractivity contribution in [2.45, 2.75) is 44.7 Å². The number of carbonyl (C=O) groups is 1. The SMILES string of the molecule is CNC(C)C(=O)NC1CCCC1. The van der Waals surface area contributed by atoms with E-state index < -0.39 is 0 Å². The van der Waals surface area contributed by atoms with Crippen molar-refractivity contribution in [1.29, 1.82) is 0 Å². The van der Waals surface area contributed by atoms with Crippen LogP contribution in [0.2, 0.25) is 0 Å². The minimum atomic E-state index is -0.0643. The monoisotopic (exact) mass is 170 g/mol. The molecule has 1 fully saturated rings. The number of nitrogens with one attached hydrogen (secondary N) is 2. The molecule has 2 N–H and O–H groups in total. The van der Waals surface area contributed by atoms with Crippen molar-refractivity contribution < 1.29 is 4.79 Å². The van der Waals surface area contributed by atoms with Gasteiger partial charge in [-0.2, -0.15) is 0 Å². The number of rotatable bonds is 3. The average Bonchev–Trinajstić information content (AvgIpc) is 2.55. The molecular formula is C9H18N2O. The van der Waals surface area contributed by atoms with E-state index in [0.717, 1.165) is 12.8 Å². The standard InChI is InChI=1S/C9H18N2O/c1-7(10-2)9(12)11-8-5-3-4-6-8/h7-8,10H,3-6H2,1-2H3,(H,11,12). The molecule has 1 saturated carbocycles. The smallest absolute Gasteiger partial charge is 0.237 e. The van der Waals surface area contributed by atoms with Crippen LogP contribution in [0.25, 0.3) is 0 Å². The lowest BCUT2D eigenvalue weighted by Gasteiger charge is -2.15. The van der Waals surface area contributed by atoms with Crippen LogP contribution >= 0.6 is 0 Å². The van der Waals surface area contributed by atoms with E-state index in [-0.39, 0.29) is 11.9 Å². The third-order valence-electron chi connectivity index (χ3n) is 2.53. The summed E-state index contributed by atoms with van der Waals surface area (Å²) in [7, 11) is 1.80. The molecule has 1 aliphatic carbocycles. The molecule has 0 spiro atoms. The lowest BCUT2D eigenvalue weighted by molar-refractivity contribution is -0.123. The normalized spacial score (nSPS) is 20.8. The summed E-state index contributed by atoms with van der Waals surface area (Å²) in [6, 6.07) is 0.374. The molecule has 0 heterocycles. The fraction of sp³-hybridized carbons (Fsp3) is 0.889. The third-order valence-corrected chi connectivity index (χ3v) is 2.53. The minimum Gasteiger partial charge on any atom is -0.352 e. The number of amides is 1. The van der Waals surface area contributed by atoms with Gasteiger partial charge in [0.15, 0.2) is 0 Å². The number of hydrogen-bond donors (Lipinski definition) is 2. The topological polar surface area (TPSA) is 41.1 Å². The lowest BCUT2D eigenvalue weighted by Crippen LogP contribution is -2.44. The zero-order valence-electron chi connectivity index (χ0n) is 7.89. The van der Waals surface area contributed by atoms with Crippen molar-refractivity contribution in [3.8, 4) is 0 Å². The van der Waals surface area contributed by atoms with Gasteiger partial charge in [0.25, 0.3) is 0 Å². The summed E-state index contributed by atoms with van der Waals surface area (Å²) in [5.41, 5.74) is 0. The quantitative estimate of drug-likeness (QED) is 0.653. The first-order valence-electron chi connectivity index (χ1n) is 4.71. The summed E-state index contributed by atoms with van der Waals surface area (Å²) in [6.07, 6.45) is 4.84. The number of carbonyl (C=O) groups excluding carboxylic acids is 1. The fourth-order valence-corrected chi connectivity index (χ4v) is 1.53. The summed E-state index contributed by atoms with van der Waals surface area (Å²) in [6.45, 7) is 1.88. The van der Waals surface area contributed by atoms with E-state index in [1.165, 1.54) is 12.8 Å². The van der Waals surface area contributed by atoms with Crippen LogP contribution in [-0.2, 0) is 4.79 Å². The summed E-state index contributed by atoms with van der Waals surface area (Å²) in [4.78, 5) is 11.4. The molecule has 3 heteroatoms. The van der Waals surface area contributed by atoms with E-state index in [0.29, 0.717) is 6.04 Å². The Balaban J connectivity index is 2.25. The Labute approximate surface area is 73.9 Å². The molecule has 0 aromatic rings. The van der Waals surface area contributed by atoms with Crippen molar-refractivity contribution in [2.24, 2.45) is 0 Å². The second-order valence-electron chi connectivity index (χ2n) is 3.50. The van der Waals surface area contributed by atoms with E-state index in [1.807, 2.05) is 6.92 Å². The molecule has 70 valence electrons. The molecule has 3 nitrogen and oxygen atoms in total. The van der Waals surface area contributed by atoms with Crippen LogP contribution in [0, 0.1) is 0 Å². The molecule has 12 heavy (non-hydrogen) atoms. The second kappa shape index (κ2) is 4.45. The third kappa shape index (κ3) is 2.48. The highest BCUT2D eigenvalue weighted by Crippen LogP contribution is 2.17. The Morgan fingerprint density at radius 3 is 2.50 bits per heavy atom. The summed E-state index contributed by atoms with van der Waals surface area (Å²) in [5.74, 6) is 0.129. The van der Waals surface area contributed by atoms with Gasteiger partial charge in [-0.25, -0.2) is 0 Å². The molecular weight excluding hydrogens is 152 g/mol. The van der Waals surface area contributed by atoms with E-state index >= 15 is 0 Å². The van der Waals surface area contributed by atoms with Gasteiger partial charge in [-0.05, 0) is 26.8 Å². The van der Waals surface area contributed by atoms with E-state index in [9.17, 15) is 4.79 Å². The van der Waals surface area contributed by atoms with Gasteiger partial charge in [-0.3, -0.25) is 4.79 Å². The Kier molecular flexibility index (Phi) is 3.53. The molecule has 0 saturated heterocycles. The zero-order valence-corrected chi connectivity index (χ0v) is 7.89. The Morgan fingerprint density at radius 1 is 1.42 bits per heavy atom. The lowest BCUT2D eigenvalue weighted by atomic mass is 10.2. The van der Waals surface area contributed by atoms with Gasteiger partial charge in [0.2, 0.25) is 5.91 Å². The van der Waals surface area contributed by atoms with Gasteiger partial charge in [0.05, 0.1) is 6.04 Å². The molecule has 0 aliphatic heterocycles. The highest BCUT2D eigenvalue weighted by atomic mass is 16.2.